The van der Waals surface area contributed by atoms with Crippen LogP contribution in [-0.4, -0.2) is 46.6 Å². The second-order valence-corrected chi connectivity index (χ2v) is 15.7. The van der Waals surface area contributed by atoms with Crippen LogP contribution in [0.2, 0.25) is 0 Å². The molecule has 1 saturated heterocycles. The number of hydrogen-bond acceptors (Lipinski definition) is 5. The highest BCUT2D eigenvalue weighted by molar-refractivity contribution is 6.11. The lowest BCUT2D eigenvalue weighted by molar-refractivity contribution is 0.122. The summed E-state index contributed by atoms with van der Waals surface area (Å²) >= 11 is 0. The van der Waals surface area contributed by atoms with E-state index in [0.29, 0.717) is 13.2 Å². The summed E-state index contributed by atoms with van der Waals surface area (Å²) in [5.41, 5.74) is 17.4. The van der Waals surface area contributed by atoms with Crippen LogP contribution in [0.5, 0.6) is 17.2 Å². The predicted molar refractivity (Wildman–Crippen MR) is 222 cm³/mol. The summed E-state index contributed by atoms with van der Waals surface area (Å²) in [6.07, 6.45) is 5.37. The van der Waals surface area contributed by atoms with Crippen LogP contribution in [-0.2, 0) is 16.6 Å². The van der Waals surface area contributed by atoms with E-state index in [2.05, 4.69) is 130 Å². The summed E-state index contributed by atoms with van der Waals surface area (Å²) in [5.74, 6) is 2.94. The lowest BCUT2D eigenvalue weighted by atomic mass is 9.78. The van der Waals surface area contributed by atoms with Gasteiger partial charge in [0.2, 0.25) is 0 Å². The molecular formula is C49H45NO4. The van der Waals surface area contributed by atoms with Crippen LogP contribution in [0.1, 0.15) is 61.1 Å². The van der Waals surface area contributed by atoms with Gasteiger partial charge in [0.15, 0.2) is 0 Å². The van der Waals surface area contributed by atoms with Crippen LogP contribution < -0.4 is 19.1 Å². The number of rotatable bonds is 2. The first-order valence-electron chi connectivity index (χ1n) is 19.3. The molecule has 0 radical (unpaired) electrons. The van der Waals surface area contributed by atoms with Gasteiger partial charge in [-0.2, -0.15) is 0 Å². The van der Waals surface area contributed by atoms with E-state index in [1.165, 1.54) is 82.9 Å². The maximum atomic E-state index is 6.26. The molecule has 0 N–H and O–H groups in total. The zero-order valence-electron chi connectivity index (χ0n) is 31.8. The first-order chi connectivity index (χ1) is 26.4. The van der Waals surface area contributed by atoms with Gasteiger partial charge in [-0.05, 0) is 105 Å². The molecule has 54 heavy (non-hydrogen) atoms. The number of allylic oxidation sites excluding steroid dienone is 1. The van der Waals surface area contributed by atoms with Crippen molar-refractivity contribution in [1.29, 1.82) is 0 Å². The molecule has 2 aliphatic carbocycles. The number of methoxy groups -OCH3 is 1. The van der Waals surface area contributed by atoms with Gasteiger partial charge >= 0.3 is 0 Å². The van der Waals surface area contributed by atoms with Gasteiger partial charge in [0, 0.05) is 40.4 Å². The first kappa shape index (κ1) is 33.1. The monoisotopic (exact) mass is 711 g/mol. The molecule has 5 nitrogen and oxygen atoms in total. The van der Waals surface area contributed by atoms with Gasteiger partial charge in [0.1, 0.15) is 30.5 Å². The normalized spacial score (nSPS) is 17.0. The van der Waals surface area contributed by atoms with Crippen molar-refractivity contribution in [2.75, 3.05) is 51.5 Å². The largest absolute Gasteiger partial charge is 0.495 e. The molecule has 270 valence electrons. The highest BCUT2D eigenvalue weighted by Crippen LogP contribution is 2.57. The molecule has 11 rings (SSSR count). The highest BCUT2D eigenvalue weighted by Gasteiger charge is 2.40. The Morgan fingerprint density at radius 1 is 0.722 bits per heavy atom. The fourth-order valence-corrected chi connectivity index (χ4v) is 9.73. The van der Waals surface area contributed by atoms with Crippen molar-refractivity contribution >= 4 is 38.9 Å². The molecule has 6 aromatic carbocycles. The Morgan fingerprint density at radius 2 is 1.46 bits per heavy atom. The molecule has 0 aromatic heterocycles. The smallest absolute Gasteiger partial charge is 0.142 e. The molecule has 3 heterocycles. The van der Waals surface area contributed by atoms with E-state index in [-0.39, 0.29) is 5.41 Å². The van der Waals surface area contributed by atoms with Crippen molar-refractivity contribution in [1.82, 2.24) is 0 Å². The van der Waals surface area contributed by atoms with E-state index in [1.807, 2.05) is 0 Å². The summed E-state index contributed by atoms with van der Waals surface area (Å²) in [7, 11) is 1.75. The highest BCUT2D eigenvalue weighted by atomic mass is 16.5. The summed E-state index contributed by atoms with van der Waals surface area (Å²) in [4.78, 5) is 2.38. The van der Waals surface area contributed by atoms with Gasteiger partial charge < -0.3 is 23.8 Å². The number of hydrogen-bond donors (Lipinski definition) is 0. The van der Waals surface area contributed by atoms with Crippen LogP contribution in [0.3, 0.4) is 0 Å². The Kier molecular flexibility index (Phi) is 7.68. The van der Waals surface area contributed by atoms with E-state index in [1.54, 1.807) is 7.11 Å². The molecular weight excluding hydrogens is 667 g/mol. The van der Waals surface area contributed by atoms with E-state index in [0.717, 1.165) is 61.0 Å². The minimum absolute atomic E-state index is 0.0890. The van der Waals surface area contributed by atoms with E-state index in [4.69, 9.17) is 18.9 Å². The molecule has 0 atom stereocenters. The Bertz CT molecular complexity index is 2600. The number of fused-ring (bicyclic) bond motifs is 16. The quantitative estimate of drug-likeness (QED) is 0.179. The average molecular weight is 712 g/mol. The summed E-state index contributed by atoms with van der Waals surface area (Å²) in [6.45, 7) is 13.6. The van der Waals surface area contributed by atoms with E-state index >= 15 is 0 Å². The SMILES string of the molecule is CC1=C(C)c2c3c(c4ccccc4c2OC1)-c1ccccc1C3.COc1cc2c3c(c4c(c2cc1N1CCOCC1)-c1ccccc1C4(C)C)C=CCO3. The van der Waals surface area contributed by atoms with Crippen molar-refractivity contribution in [2.45, 2.75) is 39.5 Å². The number of nitrogens with zero attached hydrogens (tertiary/aromatic N) is 1. The van der Waals surface area contributed by atoms with Gasteiger partial charge in [-0.15, -0.1) is 0 Å². The third kappa shape index (κ3) is 4.80. The Balaban J connectivity index is 0.000000140. The molecule has 3 aliphatic heterocycles. The van der Waals surface area contributed by atoms with Crippen LogP contribution in [0.4, 0.5) is 5.69 Å². The van der Waals surface area contributed by atoms with E-state index in [9.17, 15) is 0 Å². The summed E-state index contributed by atoms with van der Waals surface area (Å²) < 4.78 is 23.9. The van der Waals surface area contributed by atoms with Gasteiger partial charge in [0.05, 0.1) is 26.0 Å². The predicted octanol–water partition coefficient (Wildman–Crippen LogP) is 11.0. The molecule has 5 heteroatoms. The maximum Gasteiger partial charge on any atom is 0.142 e. The van der Waals surface area contributed by atoms with Crippen molar-refractivity contribution in [2.24, 2.45) is 0 Å². The first-order valence-corrected chi connectivity index (χ1v) is 19.3. The lowest BCUT2D eigenvalue weighted by Gasteiger charge is -2.31. The van der Waals surface area contributed by atoms with Gasteiger partial charge in [-0.3, -0.25) is 0 Å². The third-order valence-electron chi connectivity index (χ3n) is 12.4. The Hall–Kier alpha value is -5.52. The lowest BCUT2D eigenvalue weighted by Crippen LogP contribution is -2.36. The van der Waals surface area contributed by atoms with Gasteiger partial charge in [0.25, 0.3) is 0 Å². The van der Waals surface area contributed by atoms with Gasteiger partial charge in [-0.25, -0.2) is 0 Å². The number of benzene rings is 6. The summed E-state index contributed by atoms with van der Waals surface area (Å²) in [5, 5.41) is 4.92. The van der Waals surface area contributed by atoms with E-state index < -0.39 is 0 Å². The fraction of sp³-hybridized carbons (Fsp3) is 0.265. The fourth-order valence-electron chi connectivity index (χ4n) is 9.73. The summed E-state index contributed by atoms with van der Waals surface area (Å²) in [6, 6.07) is 30.8. The van der Waals surface area contributed by atoms with Crippen molar-refractivity contribution < 1.29 is 18.9 Å². The van der Waals surface area contributed by atoms with Crippen LogP contribution in [0, 0.1) is 0 Å². The standard InChI is InChI=1S/C27H27NO3.C22H18O/c1-27(2)21-9-5-4-7-17(21)24-19-15-22(28-10-13-30-14-11-28)23(29-3)16-20(19)26-18(25(24)27)8-6-12-31-26;1-13-12-23-22-18-10-6-5-9-17(18)21-16-8-4-3-7-15(16)11-19(21)20(22)14(13)2/h4-9,15-16H,10-14H2,1-3H3;3-10H,11-12H2,1-2H3. The molecule has 0 amide bonds. The topological polar surface area (TPSA) is 40.2 Å². The second-order valence-electron chi connectivity index (χ2n) is 15.7. The second kappa shape index (κ2) is 12.5. The third-order valence-corrected chi connectivity index (χ3v) is 12.4. The molecule has 0 unspecified atom stereocenters. The minimum Gasteiger partial charge on any atom is -0.495 e. The molecule has 6 aromatic rings. The minimum atomic E-state index is -0.0890. The van der Waals surface area contributed by atoms with Gasteiger partial charge in [-0.1, -0.05) is 92.7 Å². The maximum absolute atomic E-state index is 6.26. The number of anilines is 1. The van der Waals surface area contributed by atoms with Crippen LogP contribution in [0.15, 0.2) is 96.6 Å². The Morgan fingerprint density at radius 3 is 2.28 bits per heavy atom. The number of morpholine rings is 1. The molecule has 0 bridgehead atoms. The molecule has 5 aliphatic rings. The van der Waals surface area contributed by atoms with Crippen LogP contribution in [0.25, 0.3) is 55.4 Å². The molecule has 1 fully saturated rings. The van der Waals surface area contributed by atoms with Crippen molar-refractivity contribution in [3.8, 4) is 39.5 Å². The Labute approximate surface area is 317 Å². The zero-order valence-corrected chi connectivity index (χ0v) is 31.8. The average Bonchev–Trinajstić information content (AvgIpc) is 3.72. The number of ether oxygens (including phenoxy) is 4. The van der Waals surface area contributed by atoms with Crippen LogP contribution >= 0.6 is 0 Å². The molecule has 0 saturated carbocycles. The zero-order chi connectivity index (χ0) is 36.7. The molecule has 0 spiro atoms. The van der Waals surface area contributed by atoms with Crippen molar-refractivity contribution in [3.05, 3.63) is 130 Å². The van der Waals surface area contributed by atoms with Crippen molar-refractivity contribution in [3.63, 3.8) is 0 Å².